The normalized spacial score (nSPS) is 11.8. The lowest BCUT2D eigenvalue weighted by Crippen LogP contribution is -2.32. The first-order valence-corrected chi connectivity index (χ1v) is 12.5. The van der Waals surface area contributed by atoms with Crippen LogP contribution in [0.4, 0.5) is 10.5 Å². The molecule has 0 aliphatic carbocycles. The molecule has 1 aromatic heterocycles. The third-order valence-corrected chi connectivity index (χ3v) is 5.78. The number of unbranched alkanes of at least 4 members (excludes halogenated alkanes) is 2. The van der Waals surface area contributed by atoms with E-state index in [2.05, 4.69) is 20.8 Å². The van der Waals surface area contributed by atoms with Crippen LogP contribution in [0.1, 0.15) is 58.4 Å². The van der Waals surface area contributed by atoms with Gasteiger partial charge in [0, 0.05) is 18.7 Å². The summed E-state index contributed by atoms with van der Waals surface area (Å²) in [6.07, 6.45) is 2.79. The molecule has 0 aliphatic rings. The van der Waals surface area contributed by atoms with E-state index < -0.39 is 38.4 Å². The number of ether oxygens (including phenoxy) is 1. The molecule has 2 N–H and O–H groups in total. The largest absolute Gasteiger partial charge is 0.444 e. The lowest BCUT2D eigenvalue weighted by atomic mass is 10.1. The number of carbonyl (C=O) groups excluding carboxylic acids is 2. The zero-order valence-electron chi connectivity index (χ0n) is 19.5. The molecule has 0 saturated carbocycles. The number of hydrogen-bond donors (Lipinski definition) is 2. The van der Waals surface area contributed by atoms with Crippen LogP contribution in [0.25, 0.3) is 0 Å². The molecule has 0 spiro atoms. The van der Waals surface area contributed by atoms with Crippen molar-refractivity contribution in [1.82, 2.24) is 15.5 Å². The molecule has 0 atom stereocenters. The third-order valence-electron chi connectivity index (χ3n) is 4.44. The zero-order valence-corrected chi connectivity index (χ0v) is 20.3. The van der Waals surface area contributed by atoms with E-state index in [1.807, 2.05) is 19.1 Å². The molecular weight excluding hydrogens is 448 g/mol. The van der Waals surface area contributed by atoms with Crippen molar-refractivity contribution in [2.45, 2.75) is 70.6 Å². The van der Waals surface area contributed by atoms with Gasteiger partial charge in [0.15, 0.2) is 0 Å². The first-order chi connectivity index (χ1) is 15.5. The van der Waals surface area contributed by atoms with Crippen molar-refractivity contribution in [2.75, 3.05) is 17.6 Å². The number of nitrogens with zero attached hydrogens (tertiary/aromatic N) is 2. The van der Waals surface area contributed by atoms with Crippen molar-refractivity contribution in [3.05, 3.63) is 35.7 Å². The Labute approximate surface area is 194 Å². The highest BCUT2D eigenvalue weighted by Gasteiger charge is 2.26. The summed E-state index contributed by atoms with van der Waals surface area (Å²) in [4.78, 5) is 23.8. The Bertz CT molecular complexity index is 1040. The van der Waals surface area contributed by atoms with Gasteiger partial charge >= 0.3 is 11.3 Å². The van der Waals surface area contributed by atoms with Crippen molar-refractivity contribution >= 4 is 27.5 Å². The van der Waals surface area contributed by atoms with Gasteiger partial charge in [0.1, 0.15) is 11.4 Å². The van der Waals surface area contributed by atoms with Crippen molar-refractivity contribution in [2.24, 2.45) is 0 Å². The van der Waals surface area contributed by atoms with Crippen molar-refractivity contribution in [3.8, 4) is 0 Å². The van der Waals surface area contributed by atoms with Gasteiger partial charge in [-0.05, 0) is 51.7 Å². The predicted octanol–water partition coefficient (Wildman–Crippen LogP) is 3.28. The number of rotatable bonds is 11. The quantitative estimate of drug-likeness (QED) is 0.467. The second-order valence-corrected chi connectivity index (χ2v) is 10.4. The van der Waals surface area contributed by atoms with Gasteiger partial charge in [-0.25, -0.2) is 13.2 Å². The number of benzene rings is 1. The molecule has 2 amide bonds. The summed E-state index contributed by atoms with van der Waals surface area (Å²) in [6, 6.07) is 7.20. The number of nitrogens with one attached hydrogen (secondary N) is 2. The lowest BCUT2D eigenvalue weighted by Gasteiger charge is -2.19. The van der Waals surface area contributed by atoms with Crippen LogP contribution in [0.5, 0.6) is 0 Å². The maximum Gasteiger partial charge on any atom is 0.407 e. The zero-order chi connectivity index (χ0) is 24.5. The highest BCUT2D eigenvalue weighted by atomic mass is 32.2. The van der Waals surface area contributed by atoms with Gasteiger partial charge in [0.05, 0.1) is 0 Å². The van der Waals surface area contributed by atoms with E-state index in [0.717, 1.165) is 18.4 Å². The Morgan fingerprint density at radius 2 is 1.82 bits per heavy atom. The van der Waals surface area contributed by atoms with E-state index in [1.165, 1.54) is 0 Å². The molecular formula is C22H32N4O6S. The summed E-state index contributed by atoms with van der Waals surface area (Å²) in [7, 11) is -4.06. The maximum atomic E-state index is 12.5. The van der Waals surface area contributed by atoms with E-state index >= 15 is 0 Å². The smallest absolute Gasteiger partial charge is 0.407 e. The molecule has 0 bridgehead atoms. The van der Waals surface area contributed by atoms with Crippen LogP contribution in [0.15, 0.2) is 33.9 Å². The fourth-order valence-corrected chi connectivity index (χ4v) is 3.85. The maximum absolute atomic E-state index is 12.5. The van der Waals surface area contributed by atoms with Crippen molar-refractivity contribution < 1.29 is 27.2 Å². The van der Waals surface area contributed by atoms with Crippen LogP contribution in [0.3, 0.4) is 0 Å². The molecule has 33 heavy (non-hydrogen) atoms. The Morgan fingerprint density at radius 1 is 1.09 bits per heavy atom. The highest BCUT2D eigenvalue weighted by Crippen LogP contribution is 2.17. The second-order valence-electron chi connectivity index (χ2n) is 8.52. The third kappa shape index (κ3) is 9.21. The fourth-order valence-electron chi connectivity index (χ4n) is 2.92. The molecule has 0 fully saturated rings. The monoisotopic (exact) mass is 480 g/mol. The Kier molecular flexibility index (Phi) is 9.39. The number of para-hydroxylation sites is 1. The minimum Gasteiger partial charge on any atom is -0.444 e. The Hall–Kier alpha value is -2.95. The number of amides is 2. The molecule has 0 aliphatic heterocycles. The molecule has 10 nitrogen and oxygen atoms in total. The lowest BCUT2D eigenvalue weighted by molar-refractivity contribution is -0.113. The molecule has 11 heteroatoms. The first kappa shape index (κ1) is 26.3. The molecule has 1 aromatic carbocycles. The number of aryl methyl sites for hydroxylation is 2. The molecule has 2 rings (SSSR count). The molecule has 0 unspecified atom stereocenters. The van der Waals surface area contributed by atoms with Gasteiger partial charge < -0.3 is 19.8 Å². The summed E-state index contributed by atoms with van der Waals surface area (Å²) < 4.78 is 35.4. The second kappa shape index (κ2) is 11.8. The van der Waals surface area contributed by atoms with E-state index in [9.17, 15) is 18.0 Å². The number of hydrogen-bond acceptors (Lipinski definition) is 8. The van der Waals surface area contributed by atoms with Crippen LogP contribution in [0.2, 0.25) is 0 Å². The molecule has 1 heterocycles. The fraction of sp³-hybridized carbons (Fsp3) is 0.545. The van der Waals surface area contributed by atoms with E-state index in [0.29, 0.717) is 31.5 Å². The first-order valence-electron chi connectivity index (χ1n) is 10.9. The van der Waals surface area contributed by atoms with Crippen molar-refractivity contribution in [3.63, 3.8) is 0 Å². The van der Waals surface area contributed by atoms with Crippen LogP contribution < -0.4 is 10.6 Å². The van der Waals surface area contributed by atoms with Gasteiger partial charge in [-0.15, -0.1) is 5.10 Å². The van der Waals surface area contributed by atoms with Crippen LogP contribution in [-0.4, -0.2) is 48.5 Å². The van der Waals surface area contributed by atoms with Gasteiger partial charge in [0.25, 0.3) is 0 Å². The van der Waals surface area contributed by atoms with Gasteiger partial charge in [-0.1, -0.05) is 36.6 Å². The summed E-state index contributed by atoms with van der Waals surface area (Å²) in [5.41, 5.74) is 0.943. The highest BCUT2D eigenvalue weighted by molar-refractivity contribution is 7.91. The van der Waals surface area contributed by atoms with Crippen LogP contribution in [-0.2, 0) is 32.2 Å². The topological polar surface area (TPSA) is 140 Å². The molecule has 2 aromatic rings. The number of anilines is 1. The van der Waals surface area contributed by atoms with E-state index in [1.54, 1.807) is 32.9 Å². The minimum atomic E-state index is -4.06. The average Bonchev–Trinajstić information content (AvgIpc) is 3.19. The Balaban J connectivity index is 1.76. The Morgan fingerprint density at radius 3 is 2.52 bits per heavy atom. The number of alkyl carbamates (subject to hydrolysis) is 1. The molecule has 0 saturated heterocycles. The summed E-state index contributed by atoms with van der Waals surface area (Å²) in [6.45, 7) is 7.80. The summed E-state index contributed by atoms with van der Waals surface area (Å²) in [5, 5.41) is 12.1. The minimum absolute atomic E-state index is 0.186. The number of sulfone groups is 1. The number of carbonyl (C=O) groups is 2. The van der Waals surface area contributed by atoms with Gasteiger partial charge in [-0.3, -0.25) is 4.79 Å². The van der Waals surface area contributed by atoms with Crippen LogP contribution >= 0.6 is 0 Å². The standard InChI is InChI=1S/C22H32N4O6S/c1-5-16-11-8-9-12-17(16)24-18(27)15-33(29,30)21-26-25-19(31-21)13-7-6-10-14-23-20(28)32-22(2,3)4/h8-9,11-12H,5-7,10,13-15H2,1-4H3,(H,23,28)(H,24,27). The van der Waals surface area contributed by atoms with Crippen LogP contribution in [0, 0.1) is 0 Å². The van der Waals surface area contributed by atoms with E-state index in [4.69, 9.17) is 9.15 Å². The SMILES string of the molecule is CCc1ccccc1NC(=O)CS(=O)(=O)c1nnc(CCCCCNC(=O)OC(C)(C)C)o1. The molecule has 0 radical (unpaired) electrons. The molecule has 182 valence electrons. The summed E-state index contributed by atoms with van der Waals surface area (Å²) >= 11 is 0. The summed E-state index contributed by atoms with van der Waals surface area (Å²) in [5.74, 6) is -1.28. The van der Waals surface area contributed by atoms with Crippen molar-refractivity contribution in [1.29, 1.82) is 0 Å². The number of aromatic nitrogens is 2. The van der Waals surface area contributed by atoms with Gasteiger partial charge in [-0.2, -0.15) is 0 Å². The van der Waals surface area contributed by atoms with E-state index in [-0.39, 0.29) is 5.89 Å². The van der Waals surface area contributed by atoms with Gasteiger partial charge in [0.2, 0.25) is 21.6 Å². The predicted molar refractivity (Wildman–Crippen MR) is 123 cm³/mol. The average molecular weight is 481 g/mol.